The summed E-state index contributed by atoms with van der Waals surface area (Å²) in [5.74, 6) is 0.994. The second kappa shape index (κ2) is 3.67. The van der Waals surface area contributed by atoms with Crippen molar-refractivity contribution in [2.24, 2.45) is 0 Å². The molecule has 1 aromatic heterocycles. The fourth-order valence-electron chi connectivity index (χ4n) is 1.90. The Labute approximate surface area is 84.0 Å². The summed E-state index contributed by atoms with van der Waals surface area (Å²) >= 11 is 0. The molecule has 0 aliphatic carbocycles. The Hall–Kier alpha value is -1.56. The first-order valence-corrected chi connectivity index (χ1v) is 4.94. The van der Waals surface area contributed by atoms with Gasteiger partial charge in [-0.25, -0.2) is 4.98 Å². The molecular formula is C11H13N3. The van der Waals surface area contributed by atoms with Crippen molar-refractivity contribution >= 4 is 5.82 Å². The molecule has 0 radical (unpaired) electrons. The second-order valence-electron chi connectivity index (χ2n) is 3.70. The summed E-state index contributed by atoms with van der Waals surface area (Å²) in [7, 11) is 0. The number of hydrogen-bond donors (Lipinski definition) is 0. The number of pyridine rings is 1. The van der Waals surface area contributed by atoms with E-state index >= 15 is 0 Å². The molecule has 1 fully saturated rings. The van der Waals surface area contributed by atoms with Crippen LogP contribution in [-0.2, 0) is 0 Å². The van der Waals surface area contributed by atoms with E-state index in [1.54, 1.807) is 6.20 Å². The molecule has 2 heterocycles. The third kappa shape index (κ3) is 1.56. The standard InChI is InChI=1S/C11H13N3/c1-9-3-2-6-14(9)11-5-4-10(7-12)8-13-11/h4-5,8-9H,2-3,6H2,1H3/t9-/m0/s1. The van der Waals surface area contributed by atoms with Crippen LogP contribution in [-0.4, -0.2) is 17.6 Å². The van der Waals surface area contributed by atoms with Crippen LogP contribution >= 0.6 is 0 Å². The Morgan fingerprint density at radius 2 is 2.43 bits per heavy atom. The van der Waals surface area contributed by atoms with Gasteiger partial charge in [0.1, 0.15) is 11.9 Å². The van der Waals surface area contributed by atoms with Gasteiger partial charge in [-0.3, -0.25) is 0 Å². The van der Waals surface area contributed by atoms with Crippen LogP contribution in [0.4, 0.5) is 5.82 Å². The highest BCUT2D eigenvalue weighted by molar-refractivity contribution is 5.43. The van der Waals surface area contributed by atoms with Gasteiger partial charge in [0.05, 0.1) is 5.56 Å². The minimum Gasteiger partial charge on any atom is -0.354 e. The monoisotopic (exact) mass is 187 g/mol. The van der Waals surface area contributed by atoms with E-state index in [-0.39, 0.29) is 0 Å². The van der Waals surface area contributed by atoms with Crippen LogP contribution in [0.5, 0.6) is 0 Å². The molecule has 2 rings (SSSR count). The minimum absolute atomic E-state index is 0.579. The lowest BCUT2D eigenvalue weighted by atomic mass is 10.2. The average Bonchev–Trinajstić information content (AvgIpc) is 2.65. The fraction of sp³-hybridized carbons (Fsp3) is 0.455. The third-order valence-corrected chi connectivity index (χ3v) is 2.72. The maximum atomic E-state index is 8.64. The van der Waals surface area contributed by atoms with Crippen molar-refractivity contribution in [1.29, 1.82) is 5.26 Å². The highest BCUT2D eigenvalue weighted by Gasteiger charge is 2.20. The van der Waals surface area contributed by atoms with Crippen LogP contribution in [0.1, 0.15) is 25.3 Å². The topological polar surface area (TPSA) is 39.9 Å². The van der Waals surface area contributed by atoms with Crippen LogP contribution in [0.3, 0.4) is 0 Å². The fourth-order valence-corrected chi connectivity index (χ4v) is 1.90. The van der Waals surface area contributed by atoms with Crippen LogP contribution in [0, 0.1) is 11.3 Å². The SMILES string of the molecule is C[C@H]1CCCN1c1ccc(C#N)cn1. The van der Waals surface area contributed by atoms with E-state index < -0.39 is 0 Å². The Morgan fingerprint density at radius 1 is 1.57 bits per heavy atom. The van der Waals surface area contributed by atoms with Crippen molar-refractivity contribution in [3.05, 3.63) is 23.9 Å². The van der Waals surface area contributed by atoms with Crippen LogP contribution < -0.4 is 4.90 Å². The summed E-state index contributed by atoms with van der Waals surface area (Å²) < 4.78 is 0. The maximum absolute atomic E-state index is 8.64. The number of nitriles is 1. The zero-order chi connectivity index (χ0) is 9.97. The van der Waals surface area contributed by atoms with Gasteiger partial charge >= 0.3 is 0 Å². The average molecular weight is 187 g/mol. The molecule has 3 heteroatoms. The van der Waals surface area contributed by atoms with Crippen LogP contribution in [0.2, 0.25) is 0 Å². The largest absolute Gasteiger partial charge is 0.354 e. The number of nitrogens with zero attached hydrogens (tertiary/aromatic N) is 3. The van der Waals surface area contributed by atoms with Gasteiger partial charge in [-0.15, -0.1) is 0 Å². The predicted octanol–water partition coefficient (Wildman–Crippen LogP) is 1.94. The molecular weight excluding hydrogens is 174 g/mol. The second-order valence-corrected chi connectivity index (χ2v) is 3.70. The lowest BCUT2D eigenvalue weighted by molar-refractivity contribution is 0.727. The summed E-state index contributed by atoms with van der Waals surface area (Å²) in [6.45, 7) is 3.30. The zero-order valence-electron chi connectivity index (χ0n) is 8.27. The van der Waals surface area contributed by atoms with Crippen LogP contribution in [0.15, 0.2) is 18.3 Å². The van der Waals surface area contributed by atoms with E-state index in [4.69, 9.17) is 5.26 Å². The quantitative estimate of drug-likeness (QED) is 0.674. The van der Waals surface area contributed by atoms with Gasteiger partial charge in [0, 0.05) is 18.8 Å². The first kappa shape index (κ1) is 9.01. The third-order valence-electron chi connectivity index (χ3n) is 2.72. The summed E-state index contributed by atoms with van der Waals surface area (Å²) in [4.78, 5) is 6.58. The van der Waals surface area contributed by atoms with Gasteiger partial charge in [0.25, 0.3) is 0 Å². The Balaban J connectivity index is 2.21. The predicted molar refractivity (Wildman–Crippen MR) is 55.0 cm³/mol. The van der Waals surface area contributed by atoms with Crippen LogP contribution in [0.25, 0.3) is 0 Å². The van der Waals surface area contributed by atoms with Gasteiger partial charge in [-0.05, 0) is 31.9 Å². The van der Waals surface area contributed by atoms with Crippen molar-refractivity contribution in [2.45, 2.75) is 25.8 Å². The highest BCUT2D eigenvalue weighted by Crippen LogP contribution is 2.22. The van der Waals surface area contributed by atoms with E-state index in [9.17, 15) is 0 Å². The number of rotatable bonds is 1. The van der Waals surface area contributed by atoms with Gasteiger partial charge in [-0.1, -0.05) is 0 Å². The molecule has 0 unspecified atom stereocenters. The maximum Gasteiger partial charge on any atom is 0.128 e. The molecule has 0 amide bonds. The van der Waals surface area contributed by atoms with Gasteiger partial charge < -0.3 is 4.90 Å². The number of hydrogen-bond acceptors (Lipinski definition) is 3. The van der Waals surface area contributed by atoms with Gasteiger partial charge in [-0.2, -0.15) is 5.26 Å². The van der Waals surface area contributed by atoms with E-state index in [1.807, 2.05) is 12.1 Å². The first-order chi connectivity index (χ1) is 6.81. The normalized spacial score (nSPS) is 20.9. The summed E-state index contributed by atoms with van der Waals surface area (Å²) in [6, 6.07) is 6.41. The first-order valence-electron chi connectivity index (χ1n) is 4.94. The molecule has 1 aliphatic rings. The Bertz CT molecular complexity index is 350. The summed E-state index contributed by atoms with van der Waals surface area (Å²) in [5.41, 5.74) is 0.626. The molecule has 1 aliphatic heterocycles. The van der Waals surface area contributed by atoms with Crippen molar-refractivity contribution < 1.29 is 0 Å². The Morgan fingerprint density at radius 3 is 2.93 bits per heavy atom. The molecule has 14 heavy (non-hydrogen) atoms. The molecule has 0 aromatic carbocycles. The van der Waals surface area contributed by atoms with E-state index in [0.717, 1.165) is 12.4 Å². The van der Waals surface area contributed by atoms with Crippen molar-refractivity contribution in [1.82, 2.24) is 4.98 Å². The molecule has 72 valence electrons. The smallest absolute Gasteiger partial charge is 0.128 e. The summed E-state index contributed by atoms with van der Waals surface area (Å²) in [5, 5.41) is 8.64. The molecule has 0 bridgehead atoms. The zero-order valence-corrected chi connectivity index (χ0v) is 8.27. The molecule has 1 saturated heterocycles. The number of aromatic nitrogens is 1. The van der Waals surface area contributed by atoms with Crippen molar-refractivity contribution in [3.8, 4) is 6.07 Å². The van der Waals surface area contributed by atoms with E-state index in [0.29, 0.717) is 11.6 Å². The molecule has 3 nitrogen and oxygen atoms in total. The summed E-state index contributed by atoms with van der Waals surface area (Å²) in [6.07, 6.45) is 4.12. The lowest BCUT2D eigenvalue weighted by Crippen LogP contribution is -2.26. The Kier molecular flexibility index (Phi) is 2.36. The van der Waals surface area contributed by atoms with Gasteiger partial charge in [0.15, 0.2) is 0 Å². The molecule has 1 atom stereocenters. The highest BCUT2D eigenvalue weighted by atomic mass is 15.2. The van der Waals surface area contributed by atoms with Crippen molar-refractivity contribution in [3.63, 3.8) is 0 Å². The molecule has 1 aromatic rings. The molecule has 0 N–H and O–H groups in total. The van der Waals surface area contributed by atoms with E-state index in [1.165, 1.54) is 12.8 Å². The molecule has 0 spiro atoms. The lowest BCUT2D eigenvalue weighted by Gasteiger charge is -2.22. The molecule has 0 saturated carbocycles. The minimum atomic E-state index is 0.579. The number of anilines is 1. The van der Waals surface area contributed by atoms with Gasteiger partial charge in [0.2, 0.25) is 0 Å². The van der Waals surface area contributed by atoms with Crippen molar-refractivity contribution in [2.75, 3.05) is 11.4 Å². The van der Waals surface area contributed by atoms with E-state index in [2.05, 4.69) is 22.9 Å².